The van der Waals surface area contributed by atoms with E-state index in [-0.39, 0.29) is 6.54 Å². The molecule has 0 atom stereocenters. The van der Waals surface area contributed by atoms with Gasteiger partial charge in [-0.25, -0.2) is 18.1 Å². The van der Waals surface area contributed by atoms with Crippen molar-refractivity contribution in [1.29, 1.82) is 0 Å². The molecular weight excluding hydrogens is 264 g/mol. The number of aromatic amines is 1. The standard InChI is InChI=1S/C12H16N4O2S/c1-13-6-10-4-2-3-5-12(10)19(17,18)16-8-11-7-14-9-15-11/h2-5,7,9,13,16H,6,8H2,1H3,(H,14,15). The molecule has 7 heteroatoms. The maximum atomic E-state index is 12.2. The summed E-state index contributed by atoms with van der Waals surface area (Å²) in [5.74, 6) is 0. The second-order valence-corrected chi connectivity index (χ2v) is 5.77. The van der Waals surface area contributed by atoms with E-state index in [0.717, 1.165) is 11.3 Å². The van der Waals surface area contributed by atoms with E-state index in [2.05, 4.69) is 20.0 Å². The summed E-state index contributed by atoms with van der Waals surface area (Å²) < 4.78 is 27.0. The van der Waals surface area contributed by atoms with Crippen LogP contribution in [0.5, 0.6) is 0 Å². The summed E-state index contributed by atoms with van der Waals surface area (Å²) in [5, 5.41) is 2.96. The van der Waals surface area contributed by atoms with E-state index in [4.69, 9.17) is 0 Å². The largest absolute Gasteiger partial charge is 0.347 e. The SMILES string of the molecule is CNCc1ccccc1S(=O)(=O)NCc1cnc[nH]1. The van der Waals surface area contributed by atoms with E-state index < -0.39 is 10.0 Å². The number of hydrogen-bond acceptors (Lipinski definition) is 4. The Balaban J connectivity index is 2.19. The predicted octanol–water partition coefficient (Wildman–Crippen LogP) is 0.608. The van der Waals surface area contributed by atoms with Gasteiger partial charge in [0.15, 0.2) is 0 Å². The fourth-order valence-corrected chi connectivity index (χ4v) is 2.98. The van der Waals surface area contributed by atoms with Crippen molar-refractivity contribution in [3.63, 3.8) is 0 Å². The molecule has 0 aliphatic carbocycles. The first-order chi connectivity index (χ1) is 9.13. The minimum absolute atomic E-state index is 0.191. The summed E-state index contributed by atoms with van der Waals surface area (Å²) in [6, 6.07) is 6.92. The first kappa shape index (κ1) is 13.7. The van der Waals surface area contributed by atoms with Gasteiger partial charge in [0.1, 0.15) is 0 Å². The van der Waals surface area contributed by atoms with Gasteiger partial charge in [-0.1, -0.05) is 18.2 Å². The van der Waals surface area contributed by atoms with Crippen LogP contribution in [0.15, 0.2) is 41.7 Å². The van der Waals surface area contributed by atoms with Crippen LogP contribution in [0.2, 0.25) is 0 Å². The molecule has 0 unspecified atom stereocenters. The Hall–Kier alpha value is -1.70. The Morgan fingerprint density at radius 3 is 2.74 bits per heavy atom. The monoisotopic (exact) mass is 280 g/mol. The molecule has 1 heterocycles. The summed E-state index contributed by atoms with van der Waals surface area (Å²) in [4.78, 5) is 6.99. The maximum absolute atomic E-state index is 12.2. The van der Waals surface area contributed by atoms with E-state index in [9.17, 15) is 8.42 Å². The number of nitrogens with one attached hydrogen (secondary N) is 3. The zero-order chi connectivity index (χ0) is 13.7. The highest BCUT2D eigenvalue weighted by atomic mass is 32.2. The van der Waals surface area contributed by atoms with Crippen molar-refractivity contribution >= 4 is 10.0 Å². The molecule has 0 saturated carbocycles. The van der Waals surface area contributed by atoms with Crippen LogP contribution in [0.3, 0.4) is 0 Å². The molecule has 0 aliphatic heterocycles. The Morgan fingerprint density at radius 2 is 2.05 bits per heavy atom. The average Bonchev–Trinajstić information content (AvgIpc) is 2.91. The third kappa shape index (κ3) is 3.40. The fourth-order valence-electron chi connectivity index (χ4n) is 1.73. The quantitative estimate of drug-likeness (QED) is 0.723. The zero-order valence-corrected chi connectivity index (χ0v) is 11.4. The normalized spacial score (nSPS) is 11.6. The minimum atomic E-state index is -3.53. The molecule has 19 heavy (non-hydrogen) atoms. The average molecular weight is 280 g/mol. The highest BCUT2D eigenvalue weighted by Gasteiger charge is 2.17. The minimum Gasteiger partial charge on any atom is -0.347 e. The van der Waals surface area contributed by atoms with Gasteiger partial charge >= 0.3 is 0 Å². The van der Waals surface area contributed by atoms with Crippen LogP contribution in [0.1, 0.15) is 11.3 Å². The van der Waals surface area contributed by atoms with Crippen LogP contribution < -0.4 is 10.0 Å². The summed E-state index contributed by atoms with van der Waals surface area (Å²) >= 11 is 0. The van der Waals surface area contributed by atoms with Crippen LogP contribution in [-0.4, -0.2) is 25.4 Å². The lowest BCUT2D eigenvalue weighted by Crippen LogP contribution is -2.25. The molecule has 1 aromatic heterocycles. The third-order valence-corrected chi connectivity index (χ3v) is 4.14. The zero-order valence-electron chi connectivity index (χ0n) is 10.6. The number of imidazole rings is 1. The second kappa shape index (κ2) is 5.96. The van der Waals surface area contributed by atoms with E-state index in [1.807, 2.05) is 6.07 Å². The topological polar surface area (TPSA) is 86.9 Å². The molecule has 6 nitrogen and oxygen atoms in total. The summed E-state index contributed by atoms with van der Waals surface area (Å²) in [5.41, 5.74) is 1.46. The maximum Gasteiger partial charge on any atom is 0.241 e. The van der Waals surface area contributed by atoms with E-state index >= 15 is 0 Å². The molecule has 3 N–H and O–H groups in total. The van der Waals surface area contributed by atoms with Crippen molar-refractivity contribution in [3.05, 3.63) is 48.0 Å². The molecule has 1 aromatic carbocycles. The molecule has 0 bridgehead atoms. The van der Waals surface area contributed by atoms with Crippen molar-refractivity contribution in [2.45, 2.75) is 18.0 Å². The van der Waals surface area contributed by atoms with E-state index in [1.54, 1.807) is 31.4 Å². The molecule has 0 saturated heterocycles. The molecule has 0 spiro atoms. The number of benzene rings is 1. The van der Waals surface area contributed by atoms with Gasteiger partial charge in [0.25, 0.3) is 0 Å². The lowest BCUT2D eigenvalue weighted by Gasteiger charge is -2.10. The first-order valence-corrected chi connectivity index (χ1v) is 7.31. The highest BCUT2D eigenvalue weighted by Crippen LogP contribution is 2.15. The smallest absolute Gasteiger partial charge is 0.241 e. The number of sulfonamides is 1. The molecule has 2 aromatic rings. The second-order valence-electron chi connectivity index (χ2n) is 4.04. The van der Waals surface area contributed by atoms with Crippen LogP contribution in [0.4, 0.5) is 0 Å². The summed E-state index contributed by atoms with van der Waals surface area (Å²) in [7, 11) is -1.75. The van der Waals surface area contributed by atoms with Gasteiger partial charge in [0, 0.05) is 18.4 Å². The summed E-state index contributed by atoms with van der Waals surface area (Å²) in [6.45, 7) is 0.692. The molecule has 0 fully saturated rings. The number of nitrogens with zero attached hydrogens (tertiary/aromatic N) is 1. The first-order valence-electron chi connectivity index (χ1n) is 5.83. The van der Waals surface area contributed by atoms with Gasteiger partial charge in [-0.2, -0.15) is 0 Å². The Labute approximate surface area is 112 Å². The lowest BCUT2D eigenvalue weighted by atomic mass is 10.2. The Morgan fingerprint density at radius 1 is 1.26 bits per heavy atom. The lowest BCUT2D eigenvalue weighted by molar-refractivity contribution is 0.578. The molecular formula is C12H16N4O2S. The number of H-pyrrole nitrogens is 1. The Kier molecular flexibility index (Phi) is 4.31. The van der Waals surface area contributed by atoms with Crippen LogP contribution in [-0.2, 0) is 23.1 Å². The molecule has 0 radical (unpaired) electrons. The van der Waals surface area contributed by atoms with Crippen molar-refractivity contribution in [3.8, 4) is 0 Å². The van der Waals surface area contributed by atoms with Gasteiger partial charge in [0.2, 0.25) is 10.0 Å². The molecule has 2 rings (SSSR count). The van der Waals surface area contributed by atoms with Crippen molar-refractivity contribution in [1.82, 2.24) is 20.0 Å². The highest BCUT2D eigenvalue weighted by molar-refractivity contribution is 7.89. The van der Waals surface area contributed by atoms with Crippen LogP contribution >= 0.6 is 0 Å². The number of hydrogen-bond donors (Lipinski definition) is 3. The van der Waals surface area contributed by atoms with Gasteiger partial charge in [-0.05, 0) is 18.7 Å². The van der Waals surface area contributed by atoms with Gasteiger partial charge in [0.05, 0.1) is 17.8 Å². The predicted molar refractivity (Wildman–Crippen MR) is 71.8 cm³/mol. The van der Waals surface area contributed by atoms with E-state index in [0.29, 0.717) is 11.4 Å². The summed E-state index contributed by atoms with van der Waals surface area (Å²) in [6.07, 6.45) is 3.10. The molecule has 0 aliphatic rings. The van der Waals surface area contributed by atoms with Gasteiger partial charge in [-0.3, -0.25) is 0 Å². The van der Waals surface area contributed by atoms with Crippen LogP contribution in [0, 0.1) is 0 Å². The van der Waals surface area contributed by atoms with Gasteiger partial charge < -0.3 is 10.3 Å². The van der Waals surface area contributed by atoms with E-state index in [1.165, 1.54) is 6.33 Å². The van der Waals surface area contributed by atoms with Crippen molar-refractivity contribution in [2.75, 3.05) is 7.05 Å². The third-order valence-electron chi connectivity index (χ3n) is 2.64. The van der Waals surface area contributed by atoms with Crippen molar-refractivity contribution < 1.29 is 8.42 Å². The fraction of sp³-hybridized carbons (Fsp3) is 0.250. The van der Waals surface area contributed by atoms with Gasteiger partial charge in [-0.15, -0.1) is 0 Å². The van der Waals surface area contributed by atoms with Crippen LogP contribution in [0.25, 0.3) is 0 Å². The number of rotatable bonds is 6. The molecule has 0 amide bonds. The Bertz CT molecular complexity index is 623. The number of aromatic nitrogens is 2. The molecule has 102 valence electrons. The van der Waals surface area contributed by atoms with Crippen molar-refractivity contribution in [2.24, 2.45) is 0 Å².